The lowest BCUT2D eigenvalue weighted by molar-refractivity contribution is -0.113. The van der Waals surface area contributed by atoms with E-state index in [1.54, 1.807) is 17.7 Å². The van der Waals surface area contributed by atoms with Crippen LogP contribution in [0.25, 0.3) is 0 Å². The Labute approximate surface area is 186 Å². The summed E-state index contributed by atoms with van der Waals surface area (Å²) in [4.78, 5) is 25.1. The summed E-state index contributed by atoms with van der Waals surface area (Å²) in [6, 6.07) is 7.39. The number of methoxy groups -OCH3 is 1. The fourth-order valence-corrected chi connectivity index (χ4v) is 4.37. The minimum atomic E-state index is -0.500. The van der Waals surface area contributed by atoms with Crippen molar-refractivity contribution in [1.29, 1.82) is 0 Å². The summed E-state index contributed by atoms with van der Waals surface area (Å²) in [5.41, 5.74) is 0.330. The van der Waals surface area contributed by atoms with E-state index in [-0.39, 0.29) is 17.5 Å². The first-order chi connectivity index (χ1) is 14.8. The van der Waals surface area contributed by atoms with E-state index in [1.165, 1.54) is 54.5 Å². The number of ether oxygens (including phenoxy) is 2. The Hall–Kier alpha value is -2.92. The van der Waals surface area contributed by atoms with Crippen LogP contribution in [0.3, 0.4) is 0 Å². The second kappa shape index (κ2) is 9.92. The first-order valence-corrected chi connectivity index (χ1v) is 11.0. The van der Waals surface area contributed by atoms with Crippen molar-refractivity contribution in [3.63, 3.8) is 0 Å². The zero-order valence-electron chi connectivity index (χ0n) is 17.3. The summed E-state index contributed by atoms with van der Waals surface area (Å²) >= 11 is 2.51. The van der Waals surface area contributed by atoms with Gasteiger partial charge in [-0.1, -0.05) is 11.8 Å². The number of benzene rings is 1. The van der Waals surface area contributed by atoms with Crippen LogP contribution >= 0.6 is 23.1 Å². The van der Waals surface area contributed by atoms with Crippen LogP contribution in [0.5, 0.6) is 5.75 Å². The number of hydrogen-bond acceptors (Lipinski definition) is 8. The largest absolute Gasteiger partial charge is 0.483 e. The molecule has 0 fully saturated rings. The van der Waals surface area contributed by atoms with Gasteiger partial charge in [-0.2, -0.15) is 0 Å². The van der Waals surface area contributed by atoms with Crippen molar-refractivity contribution < 1.29 is 23.5 Å². The van der Waals surface area contributed by atoms with E-state index < -0.39 is 12.1 Å². The smallest absolute Gasteiger partial charge is 0.340 e. The molecule has 0 aliphatic rings. The van der Waals surface area contributed by atoms with Crippen LogP contribution in [0.2, 0.25) is 0 Å². The minimum Gasteiger partial charge on any atom is -0.483 e. The van der Waals surface area contributed by atoms with Gasteiger partial charge in [-0.25, -0.2) is 9.18 Å². The topological polar surface area (TPSA) is 95.3 Å². The number of aryl methyl sites for hydroxylation is 1. The molecular weight excluding hydrogens is 443 g/mol. The zero-order chi connectivity index (χ0) is 22.5. The lowest BCUT2D eigenvalue weighted by atomic mass is 10.3. The molecule has 1 atom stereocenters. The third-order valence-corrected chi connectivity index (χ3v) is 6.19. The molecule has 0 saturated heterocycles. The summed E-state index contributed by atoms with van der Waals surface area (Å²) in [6.07, 6.45) is -0.428. The van der Waals surface area contributed by atoms with Gasteiger partial charge in [0.25, 0.3) is 0 Å². The Morgan fingerprint density at radius 3 is 2.68 bits per heavy atom. The first-order valence-electron chi connectivity index (χ1n) is 9.21. The van der Waals surface area contributed by atoms with E-state index in [2.05, 4.69) is 15.5 Å². The number of thioether (sulfide) groups is 1. The second-order valence-electron chi connectivity index (χ2n) is 6.54. The number of nitrogens with zero attached hydrogens (tertiary/aromatic N) is 3. The molecule has 0 radical (unpaired) electrons. The van der Waals surface area contributed by atoms with E-state index in [1.807, 2.05) is 13.8 Å². The first kappa shape index (κ1) is 22.8. The molecule has 1 aromatic carbocycles. The molecule has 2 heterocycles. The molecule has 1 N–H and O–H groups in total. The van der Waals surface area contributed by atoms with E-state index in [0.717, 1.165) is 4.88 Å². The molecule has 0 bridgehead atoms. The van der Waals surface area contributed by atoms with Crippen LogP contribution in [-0.4, -0.2) is 39.5 Å². The summed E-state index contributed by atoms with van der Waals surface area (Å²) in [7, 11) is 3.07. The van der Waals surface area contributed by atoms with Gasteiger partial charge in [-0.15, -0.1) is 21.5 Å². The monoisotopic (exact) mass is 464 g/mol. The predicted octanol–water partition coefficient (Wildman–Crippen LogP) is 3.98. The maximum Gasteiger partial charge on any atom is 0.340 e. The van der Waals surface area contributed by atoms with Crippen molar-refractivity contribution in [2.75, 3.05) is 18.2 Å². The van der Waals surface area contributed by atoms with Crippen molar-refractivity contribution >= 4 is 40.0 Å². The van der Waals surface area contributed by atoms with Gasteiger partial charge < -0.3 is 19.4 Å². The van der Waals surface area contributed by atoms with Crippen molar-refractivity contribution in [3.8, 4) is 5.75 Å². The van der Waals surface area contributed by atoms with Gasteiger partial charge in [0.1, 0.15) is 16.6 Å². The lowest BCUT2D eigenvalue weighted by Gasteiger charge is -2.14. The number of aromatic nitrogens is 3. The summed E-state index contributed by atoms with van der Waals surface area (Å²) in [5.74, 6) is 0.0355. The van der Waals surface area contributed by atoms with Crippen molar-refractivity contribution in [1.82, 2.24) is 14.8 Å². The van der Waals surface area contributed by atoms with E-state index >= 15 is 0 Å². The number of esters is 1. The number of carbonyl (C=O) groups excluding carboxylic acids is 2. The summed E-state index contributed by atoms with van der Waals surface area (Å²) < 4.78 is 25.3. The Balaban J connectivity index is 1.60. The van der Waals surface area contributed by atoms with Crippen molar-refractivity contribution in [3.05, 3.63) is 52.4 Å². The fourth-order valence-electron chi connectivity index (χ4n) is 2.74. The number of nitrogens with one attached hydrogen (secondary N) is 1. The molecule has 11 heteroatoms. The molecule has 3 aromatic rings. The normalized spacial score (nSPS) is 11.8. The van der Waals surface area contributed by atoms with Crippen molar-refractivity contribution in [2.24, 2.45) is 7.05 Å². The molecule has 0 saturated carbocycles. The zero-order valence-corrected chi connectivity index (χ0v) is 19.0. The van der Waals surface area contributed by atoms with E-state index in [9.17, 15) is 14.0 Å². The Morgan fingerprint density at radius 2 is 2.00 bits per heavy atom. The number of halogens is 1. The Kier molecular flexibility index (Phi) is 7.29. The molecule has 1 amide bonds. The standard InChI is InChI=1S/C20H21FN4O4S2/c1-11-9-15(19(27)28-4)18(31-11)22-16(26)10-30-20-24-23-17(25(20)3)12(2)29-14-7-5-13(21)6-8-14/h5-9,12H,10H2,1-4H3,(H,22,26). The number of anilines is 1. The van der Waals surface area contributed by atoms with Crippen LogP contribution in [0.1, 0.15) is 34.1 Å². The highest BCUT2D eigenvalue weighted by Gasteiger charge is 2.20. The molecule has 0 spiro atoms. The number of amides is 1. The molecule has 1 unspecified atom stereocenters. The van der Waals surface area contributed by atoms with Gasteiger partial charge in [0.05, 0.1) is 18.4 Å². The van der Waals surface area contributed by atoms with Crippen molar-refractivity contribution in [2.45, 2.75) is 25.1 Å². The van der Waals surface area contributed by atoms with Gasteiger partial charge in [0.15, 0.2) is 17.1 Å². The molecule has 164 valence electrons. The van der Waals surface area contributed by atoms with Crippen LogP contribution < -0.4 is 10.1 Å². The Morgan fingerprint density at radius 1 is 1.29 bits per heavy atom. The third kappa shape index (κ3) is 5.61. The Bertz CT molecular complexity index is 1080. The minimum absolute atomic E-state index is 0.0801. The number of carbonyl (C=O) groups is 2. The van der Waals surface area contributed by atoms with Gasteiger partial charge in [-0.3, -0.25) is 4.79 Å². The number of hydrogen-bond donors (Lipinski definition) is 1. The van der Waals surface area contributed by atoms with Crippen LogP contribution in [0.15, 0.2) is 35.5 Å². The number of thiophene rings is 1. The average Bonchev–Trinajstić information content (AvgIpc) is 3.29. The van der Waals surface area contributed by atoms with Crippen LogP contribution in [0, 0.1) is 12.7 Å². The molecule has 31 heavy (non-hydrogen) atoms. The highest BCUT2D eigenvalue weighted by Crippen LogP contribution is 2.29. The third-order valence-electron chi connectivity index (χ3n) is 4.20. The van der Waals surface area contributed by atoms with Crippen LogP contribution in [-0.2, 0) is 16.6 Å². The highest BCUT2D eigenvalue weighted by molar-refractivity contribution is 7.99. The van der Waals surface area contributed by atoms with E-state index in [4.69, 9.17) is 9.47 Å². The average molecular weight is 465 g/mol. The molecule has 0 aliphatic carbocycles. The molecule has 8 nitrogen and oxygen atoms in total. The fraction of sp³-hybridized carbons (Fsp3) is 0.300. The summed E-state index contributed by atoms with van der Waals surface area (Å²) in [5, 5.41) is 12.0. The number of rotatable bonds is 8. The lowest BCUT2D eigenvalue weighted by Crippen LogP contribution is -2.16. The maximum atomic E-state index is 13.0. The molecular formula is C20H21FN4O4S2. The second-order valence-corrected chi connectivity index (χ2v) is 8.74. The quantitative estimate of drug-likeness (QED) is 0.398. The van der Waals surface area contributed by atoms with Gasteiger partial charge >= 0.3 is 5.97 Å². The van der Waals surface area contributed by atoms with Gasteiger partial charge in [-0.05, 0) is 44.2 Å². The highest BCUT2D eigenvalue weighted by atomic mass is 32.2. The molecule has 0 aliphatic heterocycles. The molecule has 2 aromatic heterocycles. The predicted molar refractivity (Wildman–Crippen MR) is 116 cm³/mol. The van der Waals surface area contributed by atoms with Gasteiger partial charge in [0, 0.05) is 11.9 Å². The maximum absolute atomic E-state index is 13.0. The summed E-state index contributed by atoms with van der Waals surface area (Å²) in [6.45, 7) is 3.65. The van der Waals surface area contributed by atoms with Crippen LogP contribution in [0.4, 0.5) is 9.39 Å². The van der Waals surface area contributed by atoms with E-state index in [0.29, 0.717) is 27.3 Å². The molecule has 3 rings (SSSR count). The van der Waals surface area contributed by atoms with Gasteiger partial charge in [0.2, 0.25) is 5.91 Å². The SMILES string of the molecule is COC(=O)c1cc(C)sc1NC(=O)CSc1nnc(C(C)Oc2ccc(F)cc2)n1C.